The van der Waals surface area contributed by atoms with E-state index in [0.29, 0.717) is 28.5 Å². The Hall–Kier alpha value is -2.61. The van der Waals surface area contributed by atoms with Gasteiger partial charge in [-0.2, -0.15) is 0 Å². The Morgan fingerprint density at radius 3 is 2.77 bits per heavy atom. The van der Waals surface area contributed by atoms with Crippen molar-refractivity contribution in [2.45, 2.75) is 25.5 Å². The Kier molecular flexibility index (Phi) is 6.97. The summed E-state index contributed by atoms with van der Waals surface area (Å²) in [4.78, 5) is 40.7. The maximum absolute atomic E-state index is 12.6. The summed E-state index contributed by atoms with van der Waals surface area (Å²) in [5, 5.41) is 5.79. The minimum absolute atomic E-state index is 0.0307. The molecule has 0 unspecified atom stereocenters. The van der Waals surface area contributed by atoms with Crippen LogP contribution < -0.4 is 16.2 Å². The standard InChI is InChI=1S/C18H22N4O3S/c1-4-9-22-16(24)13-7-5-6-8-14(13)20-18(22)26-11-15(23)21-17(25)19-10-12(2)3/h4-8,12H,1,9-11H2,2-3H3,(H2,19,21,23,25). The Balaban J connectivity index is 2.11. The molecule has 0 aliphatic rings. The predicted molar refractivity (Wildman–Crippen MR) is 103 cm³/mol. The first-order chi connectivity index (χ1) is 12.4. The number of carbonyl (C=O) groups is 2. The number of imide groups is 1. The number of nitrogens with one attached hydrogen (secondary N) is 2. The fraction of sp³-hybridized carbons (Fsp3) is 0.333. The molecule has 1 aromatic heterocycles. The van der Waals surface area contributed by atoms with Crippen molar-refractivity contribution in [3.8, 4) is 0 Å². The zero-order chi connectivity index (χ0) is 19.1. The van der Waals surface area contributed by atoms with Crippen LogP contribution in [0.1, 0.15) is 13.8 Å². The van der Waals surface area contributed by atoms with E-state index in [9.17, 15) is 14.4 Å². The molecule has 1 aromatic carbocycles. The summed E-state index contributed by atoms with van der Waals surface area (Å²) in [5.74, 6) is -0.194. The number of hydrogen-bond acceptors (Lipinski definition) is 5. The second-order valence-electron chi connectivity index (χ2n) is 6.06. The molecule has 0 radical (unpaired) electrons. The van der Waals surface area contributed by atoms with Gasteiger partial charge < -0.3 is 5.32 Å². The molecule has 0 saturated carbocycles. The molecule has 26 heavy (non-hydrogen) atoms. The van der Waals surface area contributed by atoms with E-state index < -0.39 is 11.9 Å². The number of benzene rings is 1. The number of fused-ring (bicyclic) bond motifs is 1. The maximum Gasteiger partial charge on any atom is 0.321 e. The van der Waals surface area contributed by atoms with E-state index in [1.165, 1.54) is 4.57 Å². The number of nitrogens with zero attached hydrogens (tertiary/aromatic N) is 2. The van der Waals surface area contributed by atoms with E-state index in [1.807, 2.05) is 13.8 Å². The van der Waals surface area contributed by atoms with Gasteiger partial charge in [0.2, 0.25) is 5.91 Å². The van der Waals surface area contributed by atoms with Gasteiger partial charge in [-0.15, -0.1) is 6.58 Å². The molecule has 0 aliphatic carbocycles. The highest BCUT2D eigenvalue weighted by atomic mass is 32.2. The predicted octanol–water partition coefficient (Wildman–Crippen LogP) is 2.16. The van der Waals surface area contributed by atoms with Crippen LogP contribution in [0, 0.1) is 5.92 Å². The van der Waals surface area contributed by atoms with Gasteiger partial charge in [-0.1, -0.05) is 43.8 Å². The smallest absolute Gasteiger partial charge is 0.321 e. The lowest BCUT2D eigenvalue weighted by Gasteiger charge is -2.11. The van der Waals surface area contributed by atoms with Crippen LogP contribution in [-0.2, 0) is 11.3 Å². The molecule has 0 saturated heterocycles. The number of urea groups is 1. The van der Waals surface area contributed by atoms with E-state index in [2.05, 4.69) is 22.2 Å². The number of thioether (sulfide) groups is 1. The van der Waals surface area contributed by atoms with Gasteiger partial charge in [0.15, 0.2) is 5.16 Å². The number of allylic oxidation sites excluding steroid dienone is 1. The molecule has 3 amide bonds. The van der Waals surface area contributed by atoms with Crippen molar-refractivity contribution < 1.29 is 9.59 Å². The number of para-hydroxylation sites is 1. The van der Waals surface area contributed by atoms with Gasteiger partial charge in [0, 0.05) is 13.1 Å². The lowest BCUT2D eigenvalue weighted by atomic mass is 10.2. The van der Waals surface area contributed by atoms with Gasteiger partial charge >= 0.3 is 6.03 Å². The maximum atomic E-state index is 12.6. The third-order valence-corrected chi connectivity index (χ3v) is 4.37. The minimum atomic E-state index is -0.528. The van der Waals surface area contributed by atoms with Crippen LogP contribution in [0.3, 0.4) is 0 Å². The fourth-order valence-electron chi connectivity index (χ4n) is 2.18. The Labute approximate surface area is 155 Å². The Bertz CT molecular complexity index is 876. The average Bonchev–Trinajstić information content (AvgIpc) is 2.61. The van der Waals surface area contributed by atoms with Gasteiger partial charge in [0.1, 0.15) is 0 Å². The summed E-state index contributed by atoms with van der Waals surface area (Å²) in [6.07, 6.45) is 1.60. The van der Waals surface area contributed by atoms with Crippen molar-refractivity contribution in [3.05, 3.63) is 47.3 Å². The number of rotatable bonds is 7. The van der Waals surface area contributed by atoms with Crippen LogP contribution in [0.15, 0.2) is 46.9 Å². The zero-order valence-electron chi connectivity index (χ0n) is 14.8. The van der Waals surface area contributed by atoms with E-state index >= 15 is 0 Å². The van der Waals surface area contributed by atoms with Crippen LogP contribution >= 0.6 is 11.8 Å². The molecule has 1 heterocycles. The lowest BCUT2D eigenvalue weighted by molar-refractivity contribution is -0.117. The summed E-state index contributed by atoms with van der Waals surface area (Å²) in [6.45, 7) is 8.35. The lowest BCUT2D eigenvalue weighted by Crippen LogP contribution is -2.41. The van der Waals surface area contributed by atoms with Crippen molar-refractivity contribution in [3.63, 3.8) is 0 Å². The van der Waals surface area contributed by atoms with Crippen molar-refractivity contribution >= 4 is 34.6 Å². The average molecular weight is 374 g/mol. The number of amides is 3. The van der Waals surface area contributed by atoms with Gasteiger partial charge in [0.05, 0.1) is 16.7 Å². The molecule has 2 rings (SSSR count). The van der Waals surface area contributed by atoms with Gasteiger partial charge in [-0.25, -0.2) is 9.78 Å². The van der Waals surface area contributed by atoms with Crippen molar-refractivity contribution in [2.24, 2.45) is 5.92 Å². The van der Waals surface area contributed by atoms with Crippen LogP contribution in [0.5, 0.6) is 0 Å². The minimum Gasteiger partial charge on any atom is -0.338 e. The summed E-state index contributed by atoms with van der Waals surface area (Å²) in [6, 6.07) is 6.51. The van der Waals surface area contributed by atoms with Gasteiger partial charge in [-0.3, -0.25) is 19.5 Å². The molecule has 0 atom stereocenters. The highest BCUT2D eigenvalue weighted by molar-refractivity contribution is 7.99. The molecule has 2 N–H and O–H groups in total. The number of hydrogen-bond donors (Lipinski definition) is 2. The van der Waals surface area contributed by atoms with E-state index in [4.69, 9.17) is 0 Å². The fourth-order valence-corrected chi connectivity index (χ4v) is 2.99. The monoisotopic (exact) mass is 374 g/mol. The quantitative estimate of drug-likeness (QED) is 0.440. The molecule has 7 nitrogen and oxygen atoms in total. The summed E-state index contributed by atoms with van der Waals surface area (Å²) >= 11 is 1.10. The van der Waals surface area contributed by atoms with Gasteiger partial charge in [0.25, 0.3) is 5.56 Å². The van der Waals surface area contributed by atoms with Crippen LogP contribution in [0.2, 0.25) is 0 Å². The first kappa shape index (κ1) is 19.7. The second-order valence-corrected chi connectivity index (χ2v) is 7.00. The third-order valence-electron chi connectivity index (χ3n) is 3.39. The Morgan fingerprint density at radius 2 is 2.08 bits per heavy atom. The number of carbonyl (C=O) groups excluding carboxylic acids is 2. The molecule has 0 fully saturated rings. The topological polar surface area (TPSA) is 93.1 Å². The molecular weight excluding hydrogens is 352 g/mol. The first-order valence-electron chi connectivity index (χ1n) is 8.23. The summed E-state index contributed by atoms with van der Waals surface area (Å²) < 4.78 is 1.46. The van der Waals surface area contributed by atoms with E-state index in [1.54, 1.807) is 30.3 Å². The zero-order valence-corrected chi connectivity index (χ0v) is 15.6. The molecule has 138 valence electrons. The highest BCUT2D eigenvalue weighted by Crippen LogP contribution is 2.17. The first-order valence-corrected chi connectivity index (χ1v) is 9.22. The largest absolute Gasteiger partial charge is 0.338 e. The highest BCUT2D eigenvalue weighted by Gasteiger charge is 2.14. The third kappa shape index (κ3) is 5.19. The molecule has 2 aromatic rings. The van der Waals surface area contributed by atoms with Crippen molar-refractivity contribution in [2.75, 3.05) is 12.3 Å². The molecule has 8 heteroatoms. The van der Waals surface area contributed by atoms with Gasteiger partial charge in [-0.05, 0) is 18.1 Å². The van der Waals surface area contributed by atoms with E-state index in [0.717, 1.165) is 11.8 Å². The van der Waals surface area contributed by atoms with Crippen LogP contribution in [0.25, 0.3) is 10.9 Å². The summed E-state index contributed by atoms with van der Waals surface area (Å²) in [5.41, 5.74) is 0.378. The van der Waals surface area contributed by atoms with Crippen LogP contribution in [-0.4, -0.2) is 33.8 Å². The normalized spacial score (nSPS) is 10.7. The molecular formula is C18H22N4O3S. The van der Waals surface area contributed by atoms with Crippen molar-refractivity contribution in [1.82, 2.24) is 20.2 Å². The van der Waals surface area contributed by atoms with Crippen LogP contribution in [0.4, 0.5) is 4.79 Å². The summed E-state index contributed by atoms with van der Waals surface area (Å²) in [7, 11) is 0. The second kappa shape index (κ2) is 9.19. The number of aromatic nitrogens is 2. The Morgan fingerprint density at radius 1 is 1.35 bits per heavy atom. The molecule has 0 aliphatic heterocycles. The molecule has 0 spiro atoms. The molecule has 0 bridgehead atoms. The van der Waals surface area contributed by atoms with Crippen molar-refractivity contribution in [1.29, 1.82) is 0 Å². The SMILES string of the molecule is C=CCn1c(SCC(=O)NC(=O)NCC(C)C)nc2ccccc2c1=O. The van der Waals surface area contributed by atoms with E-state index in [-0.39, 0.29) is 17.9 Å².